The van der Waals surface area contributed by atoms with Crippen LogP contribution >= 0.6 is 24.0 Å². The van der Waals surface area contributed by atoms with E-state index in [9.17, 15) is 9.18 Å². The summed E-state index contributed by atoms with van der Waals surface area (Å²) in [6, 6.07) is 10.5. The molecule has 1 aromatic heterocycles. The molecule has 0 saturated carbocycles. The summed E-state index contributed by atoms with van der Waals surface area (Å²) in [5, 5.41) is 0. The van der Waals surface area contributed by atoms with Gasteiger partial charge in [-0.3, -0.25) is 4.79 Å². The third-order valence-electron chi connectivity index (χ3n) is 6.20. The summed E-state index contributed by atoms with van der Waals surface area (Å²) in [4.78, 5) is 27.2. The van der Waals surface area contributed by atoms with Crippen molar-refractivity contribution in [3.63, 3.8) is 0 Å². The minimum absolute atomic E-state index is 0. The van der Waals surface area contributed by atoms with Crippen LogP contribution in [-0.4, -0.2) is 61.0 Å². The number of rotatable bonds is 5. The van der Waals surface area contributed by atoms with Gasteiger partial charge in [-0.1, -0.05) is 6.07 Å². The second-order valence-electron chi connectivity index (χ2n) is 8.30. The zero-order chi connectivity index (χ0) is 22.5. The minimum atomic E-state index is -0.255. The van der Waals surface area contributed by atoms with E-state index in [1.165, 1.54) is 12.1 Å². The zero-order valence-electron chi connectivity index (χ0n) is 18.6. The maximum Gasteiger partial charge on any atom is 0.222 e. The summed E-state index contributed by atoms with van der Waals surface area (Å²) < 4.78 is 13.2. The van der Waals surface area contributed by atoms with E-state index in [1.807, 2.05) is 12.1 Å². The van der Waals surface area contributed by atoms with E-state index in [0.717, 1.165) is 62.6 Å². The Morgan fingerprint density at radius 1 is 1.06 bits per heavy atom. The number of anilines is 2. The highest BCUT2D eigenvalue weighted by molar-refractivity contribution is 14.0. The first-order valence-corrected chi connectivity index (χ1v) is 11.0. The normalized spacial score (nSPS) is 19.2. The number of amides is 1. The molecule has 2 fully saturated rings. The molecule has 8 nitrogen and oxygen atoms in total. The molecule has 0 aliphatic carbocycles. The maximum absolute atomic E-state index is 13.2. The van der Waals surface area contributed by atoms with Gasteiger partial charge >= 0.3 is 0 Å². The molecule has 0 spiro atoms. The number of hydrogen-bond donors (Lipinski definition) is 2. The highest BCUT2D eigenvalue weighted by Crippen LogP contribution is 2.25. The summed E-state index contributed by atoms with van der Waals surface area (Å²) in [5.41, 5.74) is 13.8. The lowest BCUT2D eigenvalue weighted by Gasteiger charge is -2.36. The lowest BCUT2D eigenvalue weighted by Crippen LogP contribution is -2.51. The van der Waals surface area contributed by atoms with E-state index in [0.29, 0.717) is 19.0 Å². The number of benzene rings is 1. The van der Waals surface area contributed by atoms with Crippen molar-refractivity contribution in [2.75, 3.05) is 49.1 Å². The molecule has 2 aromatic rings. The zero-order valence-corrected chi connectivity index (χ0v) is 20.9. The number of hydrogen-bond acceptors (Lipinski definition) is 5. The van der Waals surface area contributed by atoms with Gasteiger partial charge in [0.2, 0.25) is 5.91 Å². The summed E-state index contributed by atoms with van der Waals surface area (Å²) in [6.45, 7) is 4.94. The summed E-state index contributed by atoms with van der Waals surface area (Å²) in [7, 11) is 0. The highest BCUT2D eigenvalue weighted by atomic mass is 127. The van der Waals surface area contributed by atoms with Crippen molar-refractivity contribution in [3.8, 4) is 0 Å². The van der Waals surface area contributed by atoms with Crippen molar-refractivity contribution < 1.29 is 9.18 Å². The SMILES string of the molecule is I.NC(=O)C1CCCN(c2ncccc2CN=C(N)N2CCN(c3ccc(F)cc3)CC2)C1. The molecule has 1 aromatic carbocycles. The van der Waals surface area contributed by atoms with Crippen molar-refractivity contribution in [2.45, 2.75) is 19.4 Å². The standard InChI is InChI=1S/C23H30FN7O.HI/c24-19-5-7-20(8-6-19)29-11-13-30(14-12-29)23(26)28-15-17-3-1-9-27-22(17)31-10-2-4-18(16-31)21(25)32;/h1,3,5-9,18H,2,4,10-16H2,(H2,25,32)(H2,26,28);1H. The van der Waals surface area contributed by atoms with Crippen LogP contribution in [0.25, 0.3) is 0 Å². The molecular formula is C23H31FIN7O. The van der Waals surface area contributed by atoms with Crippen LogP contribution in [0.4, 0.5) is 15.9 Å². The molecular weight excluding hydrogens is 536 g/mol. The number of primary amides is 1. The average molecular weight is 567 g/mol. The summed E-state index contributed by atoms with van der Waals surface area (Å²) in [6.07, 6.45) is 3.49. The second-order valence-corrected chi connectivity index (χ2v) is 8.30. The van der Waals surface area contributed by atoms with Gasteiger partial charge in [0.1, 0.15) is 11.6 Å². The topological polar surface area (TPSA) is 104 Å². The molecule has 2 saturated heterocycles. The Morgan fingerprint density at radius 3 is 2.48 bits per heavy atom. The Morgan fingerprint density at radius 2 is 1.79 bits per heavy atom. The van der Waals surface area contributed by atoms with Gasteiger partial charge in [0.05, 0.1) is 12.5 Å². The van der Waals surface area contributed by atoms with Crippen LogP contribution < -0.4 is 21.3 Å². The molecule has 0 radical (unpaired) electrons. The van der Waals surface area contributed by atoms with Crippen molar-refractivity contribution in [1.29, 1.82) is 0 Å². The van der Waals surface area contributed by atoms with Gasteiger partial charge in [0.25, 0.3) is 0 Å². The fourth-order valence-electron chi connectivity index (χ4n) is 4.35. The molecule has 4 rings (SSSR count). The number of carbonyl (C=O) groups is 1. The second kappa shape index (κ2) is 11.5. The van der Waals surface area contributed by atoms with Crippen LogP contribution in [0.2, 0.25) is 0 Å². The molecule has 2 aliphatic rings. The molecule has 10 heteroatoms. The van der Waals surface area contributed by atoms with Gasteiger partial charge in [0, 0.05) is 56.7 Å². The Hall–Kier alpha value is -2.63. The largest absolute Gasteiger partial charge is 0.370 e. The Balaban J connectivity index is 0.00000306. The fraction of sp³-hybridized carbons (Fsp3) is 0.435. The van der Waals surface area contributed by atoms with Crippen molar-refractivity contribution in [1.82, 2.24) is 9.88 Å². The lowest BCUT2D eigenvalue weighted by molar-refractivity contribution is -0.122. The van der Waals surface area contributed by atoms with Crippen LogP contribution in [0.1, 0.15) is 18.4 Å². The van der Waals surface area contributed by atoms with Crippen molar-refractivity contribution in [2.24, 2.45) is 22.4 Å². The maximum atomic E-state index is 13.2. The third-order valence-corrected chi connectivity index (χ3v) is 6.20. The van der Waals surface area contributed by atoms with E-state index in [4.69, 9.17) is 11.5 Å². The minimum Gasteiger partial charge on any atom is -0.370 e. The van der Waals surface area contributed by atoms with Gasteiger partial charge in [-0.15, -0.1) is 24.0 Å². The Kier molecular flexibility index (Phi) is 8.70. The van der Waals surface area contributed by atoms with Gasteiger partial charge in [0.15, 0.2) is 5.96 Å². The van der Waals surface area contributed by atoms with Crippen LogP contribution in [0.15, 0.2) is 47.6 Å². The number of nitrogens with zero attached hydrogens (tertiary/aromatic N) is 5. The molecule has 2 aliphatic heterocycles. The number of piperidine rings is 1. The summed E-state index contributed by atoms with van der Waals surface area (Å²) in [5.74, 6) is 0.718. The van der Waals surface area contributed by atoms with Crippen LogP contribution in [0.5, 0.6) is 0 Å². The number of carbonyl (C=O) groups excluding carboxylic acids is 1. The van der Waals surface area contributed by atoms with E-state index in [-0.39, 0.29) is 41.6 Å². The van der Waals surface area contributed by atoms with Gasteiger partial charge in [-0.2, -0.15) is 0 Å². The molecule has 3 heterocycles. The molecule has 1 unspecified atom stereocenters. The van der Waals surface area contributed by atoms with Gasteiger partial charge in [-0.05, 0) is 43.2 Å². The van der Waals surface area contributed by atoms with Crippen molar-refractivity contribution >= 4 is 47.3 Å². The number of nitrogens with two attached hydrogens (primary N) is 2. The quantitative estimate of drug-likeness (QED) is 0.326. The summed E-state index contributed by atoms with van der Waals surface area (Å²) >= 11 is 0. The number of pyridine rings is 1. The van der Waals surface area contributed by atoms with Crippen molar-refractivity contribution in [3.05, 3.63) is 54.0 Å². The average Bonchev–Trinajstić information content (AvgIpc) is 2.83. The first kappa shape index (κ1) is 25.0. The molecule has 0 bridgehead atoms. The van der Waals surface area contributed by atoms with E-state index in [2.05, 4.69) is 24.7 Å². The molecule has 33 heavy (non-hydrogen) atoms. The monoisotopic (exact) mass is 567 g/mol. The van der Waals surface area contributed by atoms with Gasteiger partial charge in [-0.25, -0.2) is 14.4 Å². The number of aromatic nitrogens is 1. The molecule has 4 N–H and O–H groups in total. The predicted octanol–water partition coefficient (Wildman–Crippen LogP) is 2.18. The van der Waals surface area contributed by atoms with Crippen LogP contribution in [-0.2, 0) is 11.3 Å². The predicted molar refractivity (Wildman–Crippen MR) is 139 cm³/mol. The first-order valence-electron chi connectivity index (χ1n) is 11.0. The van der Waals surface area contributed by atoms with Crippen LogP contribution in [0, 0.1) is 11.7 Å². The smallest absolute Gasteiger partial charge is 0.222 e. The molecule has 1 atom stereocenters. The third kappa shape index (κ3) is 6.24. The Labute approximate surface area is 210 Å². The number of aliphatic imine (C=N–C) groups is 1. The number of halogens is 2. The highest BCUT2D eigenvalue weighted by Gasteiger charge is 2.26. The fourth-order valence-corrected chi connectivity index (χ4v) is 4.35. The van der Waals surface area contributed by atoms with Crippen LogP contribution in [0.3, 0.4) is 0 Å². The first-order chi connectivity index (χ1) is 15.5. The number of guanidine groups is 1. The van der Waals surface area contributed by atoms with E-state index >= 15 is 0 Å². The van der Waals surface area contributed by atoms with Gasteiger partial charge < -0.3 is 26.2 Å². The van der Waals surface area contributed by atoms with E-state index in [1.54, 1.807) is 18.3 Å². The number of piperazine rings is 1. The Bertz CT molecular complexity index is 964. The molecule has 1 amide bonds. The van der Waals surface area contributed by atoms with E-state index < -0.39 is 0 Å². The molecule has 178 valence electrons. The lowest BCUT2D eigenvalue weighted by atomic mass is 9.97.